The molecule has 4 nitrogen and oxygen atoms in total. The van der Waals surface area contributed by atoms with E-state index >= 15 is 0 Å². The lowest BCUT2D eigenvalue weighted by molar-refractivity contribution is -0.137. The van der Waals surface area contributed by atoms with E-state index in [1.54, 1.807) is 0 Å². The quantitative estimate of drug-likeness (QED) is 0.730. The number of nitrogens with zero attached hydrogens (tertiary/aromatic N) is 1. The van der Waals surface area contributed by atoms with Crippen LogP contribution in [0.15, 0.2) is 42.5 Å². The molecule has 0 radical (unpaired) electrons. The third-order valence-corrected chi connectivity index (χ3v) is 6.91. The molecule has 1 aliphatic carbocycles. The van der Waals surface area contributed by atoms with Crippen molar-refractivity contribution >= 4 is 6.09 Å². The average molecular weight is 430 g/mol. The Balaban J connectivity index is 1.24. The van der Waals surface area contributed by atoms with Crippen LogP contribution in [0, 0.1) is 5.92 Å². The second-order valence-electron chi connectivity index (χ2n) is 8.81. The van der Waals surface area contributed by atoms with Crippen LogP contribution in [0.5, 0.6) is 0 Å². The lowest BCUT2D eigenvalue weighted by Crippen LogP contribution is -2.52. The average Bonchev–Trinajstić information content (AvgIpc) is 3.16. The highest BCUT2D eigenvalue weighted by Gasteiger charge is 2.37. The first-order chi connectivity index (χ1) is 14.9. The molecule has 3 heterocycles. The Morgan fingerprint density at radius 2 is 1.71 bits per heavy atom. The van der Waals surface area contributed by atoms with E-state index in [0.29, 0.717) is 5.92 Å². The molecule has 0 spiro atoms. The van der Waals surface area contributed by atoms with Crippen molar-refractivity contribution in [3.05, 3.63) is 59.2 Å². The fourth-order valence-corrected chi connectivity index (χ4v) is 5.16. The summed E-state index contributed by atoms with van der Waals surface area (Å²) in [6, 6.07) is 11.0. The van der Waals surface area contributed by atoms with Crippen molar-refractivity contribution in [1.29, 1.82) is 0 Å². The predicted octanol–water partition coefficient (Wildman–Crippen LogP) is 5.18. The molecule has 1 amide bonds. The summed E-state index contributed by atoms with van der Waals surface area (Å²) in [5, 5.41) is 3.02. The number of alkyl halides is 3. The zero-order chi connectivity index (χ0) is 21.6. The highest BCUT2D eigenvalue weighted by atomic mass is 19.4. The Morgan fingerprint density at radius 1 is 1.00 bits per heavy atom. The third kappa shape index (κ3) is 4.15. The third-order valence-electron chi connectivity index (χ3n) is 6.91. The number of ether oxygens (including phenoxy) is 1. The Bertz CT molecular complexity index is 966. The number of amides is 1. The van der Waals surface area contributed by atoms with Crippen LogP contribution in [-0.4, -0.2) is 36.7 Å². The topological polar surface area (TPSA) is 41.6 Å². The molecule has 2 bridgehead atoms. The van der Waals surface area contributed by atoms with E-state index < -0.39 is 11.7 Å². The van der Waals surface area contributed by atoms with Crippen molar-refractivity contribution in [3.8, 4) is 11.1 Å². The molecule has 31 heavy (non-hydrogen) atoms. The van der Waals surface area contributed by atoms with Gasteiger partial charge < -0.3 is 10.1 Å². The van der Waals surface area contributed by atoms with E-state index in [-0.39, 0.29) is 18.2 Å². The van der Waals surface area contributed by atoms with E-state index in [9.17, 15) is 18.0 Å². The van der Waals surface area contributed by atoms with Gasteiger partial charge in [0, 0.05) is 6.54 Å². The van der Waals surface area contributed by atoms with Gasteiger partial charge in [-0.2, -0.15) is 13.2 Å². The molecule has 2 aromatic carbocycles. The highest BCUT2D eigenvalue weighted by molar-refractivity contribution is 5.70. The largest absolute Gasteiger partial charge is 0.445 e. The first-order valence-electron chi connectivity index (χ1n) is 10.9. The van der Waals surface area contributed by atoms with Gasteiger partial charge in [0.25, 0.3) is 0 Å². The van der Waals surface area contributed by atoms with E-state index in [4.69, 9.17) is 4.74 Å². The first-order valence-corrected chi connectivity index (χ1v) is 10.9. The number of fused-ring (bicyclic) bond motifs is 4. The summed E-state index contributed by atoms with van der Waals surface area (Å²) in [5.74, 6) is 0.470. The summed E-state index contributed by atoms with van der Waals surface area (Å²) >= 11 is 0. The number of benzene rings is 2. The number of aryl methyl sites for hydroxylation is 1. The van der Waals surface area contributed by atoms with Crippen molar-refractivity contribution < 1.29 is 22.7 Å². The molecular formula is C24H25F3N2O2. The SMILES string of the molecule is O=C(NC1CCc2cc(-c3ccc(C(F)(F)F)cc3)ccc21)O[C@@H]1CN2CCC1CC2. The lowest BCUT2D eigenvalue weighted by atomic mass is 9.86. The Kier molecular flexibility index (Phi) is 5.16. The summed E-state index contributed by atoms with van der Waals surface area (Å²) in [7, 11) is 0. The number of nitrogens with one attached hydrogen (secondary N) is 1. The van der Waals surface area contributed by atoms with Crippen LogP contribution in [-0.2, 0) is 17.3 Å². The van der Waals surface area contributed by atoms with Gasteiger partial charge in [-0.15, -0.1) is 0 Å². The van der Waals surface area contributed by atoms with Gasteiger partial charge in [-0.05, 0) is 79.1 Å². The van der Waals surface area contributed by atoms with Gasteiger partial charge in [0.2, 0.25) is 0 Å². The Morgan fingerprint density at radius 3 is 2.35 bits per heavy atom. The number of halogens is 3. The smallest absolute Gasteiger partial charge is 0.416 e. The maximum absolute atomic E-state index is 12.8. The van der Waals surface area contributed by atoms with Crippen LogP contribution in [0.3, 0.4) is 0 Å². The Hall–Kier alpha value is -2.54. The molecule has 0 saturated carbocycles. The van der Waals surface area contributed by atoms with Gasteiger partial charge in [-0.25, -0.2) is 4.79 Å². The van der Waals surface area contributed by atoms with Crippen LogP contribution in [0.1, 0.15) is 42.0 Å². The van der Waals surface area contributed by atoms with Crippen LogP contribution in [0.4, 0.5) is 18.0 Å². The van der Waals surface area contributed by atoms with E-state index in [1.807, 2.05) is 18.2 Å². The molecule has 7 heteroatoms. The van der Waals surface area contributed by atoms with Crippen molar-refractivity contribution in [3.63, 3.8) is 0 Å². The van der Waals surface area contributed by atoms with Gasteiger partial charge in [0.1, 0.15) is 6.10 Å². The predicted molar refractivity (Wildman–Crippen MR) is 111 cm³/mol. The molecule has 1 unspecified atom stereocenters. The van der Waals surface area contributed by atoms with E-state index in [1.165, 1.54) is 12.1 Å². The Labute approximate surface area is 179 Å². The van der Waals surface area contributed by atoms with Crippen LogP contribution in [0.25, 0.3) is 11.1 Å². The molecule has 0 aromatic heterocycles. The number of rotatable bonds is 3. The minimum atomic E-state index is -4.33. The highest BCUT2D eigenvalue weighted by Crippen LogP contribution is 2.36. The number of hydrogen-bond donors (Lipinski definition) is 1. The molecular weight excluding hydrogens is 405 g/mol. The summed E-state index contributed by atoms with van der Waals surface area (Å²) in [4.78, 5) is 14.9. The molecule has 164 valence electrons. The number of carbonyl (C=O) groups excluding carboxylic acids is 1. The van der Waals surface area contributed by atoms with Crippen molar-refractivity contribution in [2.75, 3.05) is 19.6 Å². The minimum absolute atomic E-state index is 0.0228. The second-order valence-corrected chi connectivity index (χ2v) is 8.81. The molecule has 2 aromatic rings. The fraction of sp³-hybridized carbons (Fsp3) is 0.458. The van der Waals surface area contributed by atoms with Gasteiger partial charge in [0.15, 0.2) is 0 Å². The molecule has 1 N–H and O–H groups in total. The summed E-state index contributed by atoms with van der Waals surface area (Å²) < 4.78 is 44.1. The molecule has 3 saturated heterocycles. The van der Waals surface area contributed by atoms with E-state index in [0.717, 1.165) is 79.7 Å². The normalized spacial score (nSPS) is 27.1. The van der Waals surface area contributed by atoms with E-state index in [2.05, 4.69) is 10.2 Å². The fourth-order valence-electron chi connectivity index (χ4n) is 5.16. The van der Waals surface area contributed by atoms with Gasteiger partial charge in [-0.3, -0.25) is 4.90 Å². The van der Waals surface area contributed by atoms with Gasteiger partial charge >= 0.3 is 12.3 Å². The molecule has 4 aliphatic rings. The number of carbonyl (C=O) groups is 1. The second kappa shape index (κ2) is 7.86. The minimum Gasteiger partial charge on any atom is -0.445 e. The molecule has 3 aliphatic heterocycles. The zero-order valence-electron chi connectivity index (χ0n) is 17.1. The first kappa shape index (κ1) is 20.4. The van der Waals surface area contributed by atoms with Crippen LogP contribution >= 0.6 is 0 Å². The number of hydrogen-bond acceptors (Lipinski definition) is 3. The van der Waals surface area contributed by atoms with Crippen molar-refractivity contribution in [1.82, 2.24) is 10.2 Å². The maximum Gasteiger partial charge on any atom is 0.416 e. The lowest BCUT2D eigenvalue weighted by Gasteiger charge is -2.43. The number of alkyl carbamates (subject to hydrolysis) is 1. The molecule has 6 rings (SSSR count). The summed E-state index contributed by atoms with van der Waals surface area (Å²) in [6.45, 7) is 3.03. The maximum atomic E-state index is 12.8. The van der Waals surface area contributed by atoms with Crippen LogP contribution in [0.2, 0.25) is 0 Å². The van der Waals surface area contributed by atoms with Gasteiger partial charge in [0.05, 0.1) is 11.6 Å². The number of piperidine rings is 3. The zero-order valence-corrected chi connectivity index (χ0v) is 17.1. The summed E-state index contributed by atoms with van der Waals surface area (Å²) in [6.07, 6.45) is -0.920. The van der Waals surface area contributed by atoms with Crippen molar-refractivity contribution in [2.24, 2.45) is 5.92 Å². The molecule has 3 fully saturated rings. The monoisotopic (exact) mass is 430 g/mol. The van der Waals surface area contributed by atoms with Gasteiger partial charge in [-0.1, -0.05) is 30.3 Å². The molecule has 2 atom stereocenters. The van der Waals surface area contributed by atoms with Crippen LogP contribution < -0.4 is 5.32 Å². The summed E-state index contributed by atoms with van der Waals surface area (Å²) in [5.41, 5.74) is 3.15. The van der Waals surface area contributed by atoms with Crippen molar-refractivity contribution in [2.45, 2.75) is 44.0 Å². The standard InChI is InChI=1S/C24H25F3N2O2/c25-24(26,27)19-5-1-15(2-6-19)17-3-7-20-18(13-17)4-8-21(20)28-23(30)31-22-14-29-11-9-16(22)10-12-29/h1-3,5-7,13,16,21-22H,4,8-12,14H2,(H,28,30)/t21?,22-/m1/s1.